The third kappa shape index (κ3) is 2.95. The van der Waals surface area contributed by atoms with Gasteiger partial charge in [0, 0.05) is 26.2 Å². The number of amides is 1. The lowest BCUT2D eigenvalue weighted by molar-refractivity contribution is 0.0938. The number of hydrogen-bond acceptors (Lipinski definition) is 4. The zero-order valence-corrected chi connectivity index (χ0v) is 12.8. The molecule has 1 fully saturated rings. The maximum Gasteiger partial charge on any atom is 0.271 e. The summed E-state index contributed by atoms with van der Waals surface area (Å²) in [6.45, 7) is 9.10. The highest BCUT2D eigenvalue weighted by molar-refractivity contribution is 5.97. The lowest BCUT2D eigenvalue weighted by Crippen LogP contribution is -2.34. The number of nitrogen functional groups attached to an aromatic ring is 1. The van der Waals surface area contributed by atoms with Gasteiger partial charge < -0.3 is 16.0 Å². The fourth-order valence-corrected chi connectivity index (χ4v) is 2.76. The highest BCUT2D eigenvalue weighted by Gasteiger charge is 2.25. The smallest absolute Gasteiger partial charge is 0.271 e. The quantitative estimate of drug-likeness (QED) is 0.853. The zero-order chi connectivity index (χ0) is 14.9. The van der Waals surface area contributed by atoms with E-state index in [9.17, 15) is 4.79 Å². The number of nitrogens with one attached hydrogen (secondary N) is 1. The first kappa shape index (κ1) is 14.8. The van der Waals surface area contributed by atoms with Crippen LogP contribution in [-0.4, -0.2) is 46.3 Å². The monoisotopic (exact) mass is 279 g/mol. The predicted octanol–water partition coefficient (Wildman–Crippen LogP) is 0.771. The maximum absolute atomic E-state index is 12.2. The summed E-state index contributed by atoms with van der Waals surface area (Å²) in [5.41, 5.74) is 7.53. The van der Waals surface area contributed by atoms with Crippen LogP contribution < -0.4 is 11.1 Å². The van der Waals surface area contributed by atoms with E-state index in [4.69, 9.17) is 5.73 Å². The summed E-state index contributed by atoms with van der Waals surface area (Å²) in [6, 6.07) is 0.575. The van der Waals surface area contributed by atoms with Gasteiger partial charge in [0.15, 0.2) is 0 Å². The third-order valence-electron chi connectivity index (χ3n) is 4.08. The summed E-state index contributed by atoms with van der Waals surface area (Å²) in [5, 5.41) is 7.16. The van der Waals surface area contributed by atoms with Crippen molar-refractivity contribution in [3.05, 3.63) is 11.4 Å². The molecular formula is C14H25N5O. The van der Waals surface area contributed by atoms with Gasteiger partial charge in [-0.2, -0.15) is 5.10 Å². The van der Waals surface area contributed by atoms with Gasteiger partial charge in [-0.25, -0.2) is 0 Å². The SMILES string of the molecule is Cc1nn(C)c(C(=O)NCC2CCN(C(C)C)C2)c1N. The summed E-state index contributed by atoms with van der Waals surface area (Å²) in [5.74, 6) is 0.394. The Balaban J connectivity index is 1.90. The molecule has 112 valence electrons. The molecule has 0 spiro atoms. The van der Waals surface area contributed by atoms with Gasteiger partial charge in [-0.1, -0.05) is 0 Å². The van der Waals surface area contributed by atoms with Crippen molar-refractivity contribution in [1.82, 2.24) is 20.0 Å². The molecule has 1 unspecified atom stereocenters. The average molecular weight is 279 g/mol. The number of nitrogens with zero attached hydrogens (tertiary/aromatic N) is 3. The van der Waals surface area contributed by atoms with Crippen molar-refractivity contribution in [2.24, 2.45) is 13.0 Å². The molecular weight excluding hydrogens is 254 g/mol. The van der Waals surface area contributed by atoms with E-state index >= 15 is 0 Å². The van der Waals surface area contributed by atoms with Gasteiger partial charge in [0.25, 0.3) is 5.91 Å². The van der Waals surface area contributed by atoms with E-state index in [2.05, 4.69) is 29.2 Å². The molecule has 1 saturated heterocycles. The molecule has 0 aromatic carbocycles. The summed E-state index contributed by atoms with van der Waals surface area (Å²) in [4.78, 5) is 14.7. The molecule has 1 aromatic heterocycles. The third-order valence-corrected chi connectivity index (χ3v) is 4.08. The number of hydrogen-bond donors (Lipinski definition) is 2. The Kier molecular flexibility index (Phi) is 4.32. The number of rotatable bonds is 4. The van der Waals surface area contributed by atoms with E-state index in [1.54, 1.807) is 11.7 Å². The second kappa shape index (κ2) is 5.83. The van der Waals surface area contributed by atoms with E-state index < -0.39 is 0 Å². The van der Waals surface area contributed by atoms with Crippen LogP contribution in [0.5, 0.6) is 0 Å². The molecule has 1 amide bonds. The van der Waals surface area contributed by atoms with Crippen LogP contribution in [0.15, 0.2) is 0 Å². The minimum Gasteiger partial charge on any atom is -0.395 e. The van der Waals surface area contributed by atoms with Crippen LogP contribution in [0.4, 0.5) is 5.69 Å². The van der Waals surface area contributed by atoms with E-state index in [1.165, 1.54) is 0 Å². The fourth-order valence-electron chi connectivity index (χ4n) is 2.76. The average Bonchev–Trinajstić information content (AvgIpc) is 2.93. The van der Waals surface area contributed by atoms with Crippen LogP contribution >= 0.6 is 0 Å². The molecule has 6 heteroatoms. The predicted molar refractivity (Wildman–Crippen MR) is 79.5 cm³/mol. The van der Waals surface area contributed by atoms with Gasteiger partial charge >= 0.3 is 0 Å². The number of nitrogens with two attached hydrogens (primary N) is 1. The van der Waals surface area contributed by atoms with E-state index in [0.717, 1.165) is 19.5 Å². The summed E-state index contributed by atoms with van der Waals surface area (Å²) in [6.07, 6.45) is 1.14. The Morgan fingerprint density at radius 2 is 2.25 bits per heavy atom. The first-order chi connectivity index (χ1) is 9.40. The second-order valence-electron chi connectivity index (χ2n) is 5.92. The molecule has 0 aliphatic carbocycles. The van der Waals surface area contributed by atoms with Gasteiger partial charge in [-0.15, -0.1) is 0 Å². The number of anilines is 1. The Bertz CT molecular complexity index is 494. The van der Waals surface area contributed by atoms with Crippen molar-refractivity contribution in [3.63, 3.8) is 0 Å². The molecule has 3 N–H and O–H groups in total. The standard InChI is InChI=1S/C14H25N5O/c1-9(2)19-6-5-11(8-19)7-16-14(20)13-12(15)10(3)17-18(13)4/h9,11H,5-8,15H2,1-4H3,(H,16,20). The summed E-state index contributed by atoms with van der Waals surface area (Å²) >= 11 is 0. The zero-order valence-electron chi connectivity index (χ0n) is 12.8. The van der Waals surface area contributed by atoms with Crippen molar-refractivity contribution in [2.45, 2.75) is 33.2 Å². The van der Waals surface area contributed by atoms with Gasteiger partial charge in [-0.3, -0.25) is 9.48 Å². The largest absolute Gasteiger partial charge is 0.395 e. The Hall–Kier alpha value is -1.56. The number of aryl methyl sites for hydroxylation is 2. The molecule has 2 heterocycles. The van der Waals surface area contributed by atoms with Crippen molar-refractivity contribution < 1.29 is 4.79 Å². The number of carbonyl (C=O) groups excluding carboxylic acids is 1. The van der Waals surface area contributed by atoms with Crippen LogP contribution in [0.1, 0.15) is 36.5 Å². The molecule has 1 aliphatic rings. The highest BCUT2D eigenvalue weighted by Crippen LogP contribution is 2.19. The van der Waals surface area contributed by atoms with Crippen molar-refractivity contribution >= 4 is 11.6 Å². The van der Waals surface area contributed by atoms with Gasteiger partial charge in [0.05, 0.1) is 11.4 Å². The molecule has 1 aromatic rings. The van der Waals surface area contributed by atoms with Crippen molar-refractivity contribution in [1.29, 1.82) is 0 Å². The normalized spacial score (nSPS) is 19.8. The molecule has 0 bridgehead atoms. The maximum atomic E-state index is 12.2. The molecule has 20 heavy (non-hydrogen) atoms. The van der Waals surface area contributed by atoms with E-state index in [-0.39, 0.29) is 5.91 Å². The van der Waals surface area contributed by atoms with Crippen LogP contribution in [0.25, 0.3) is 0 Å². The van der Waals surface area contributed by atoms with Gasteiger partial charge in [0.1, 0.15) is 5.69 Å². The molecule has 6 nitrogen and oxygen atoms in total. The molecule has 0 saturated carbocycles. The lowest BCUT2D eigenvalue weighted by atomic mass is 10.1. The number of carbonyl (C=O) groups is 1. The Morgan fingerprint density at radius 3 is 2.75 bits per heavy atom. The molecule has 0 radical (unpaired) electrons. The van der Waals surface area contributed by atoms with Crippen molar-refractivity contribution in [2.75, 3.05) is 25.4 Å². The second-order valence-corrected chi connectivity index (χ2v) is 5.92. The first-order valence-electron chi connectivity index (χ1n) is 7.21. The van der Waals surface area contributed by atoms with Crippen LogP contribution in [-0.2, 0) is 7.05 Å². The fraction of sp³-hybridized carbons (Fsp3) is 0.714. The van der Waals surface area contributed by atoms with Crippen molar-refractivity contribution in [3.8, 4) is 0 Å². The number of likely N-dealkylation sites (tertiary alicyclic amines) is 1. The van der Waals surface area contributed by atoms with Gasteiger partial charge in [-0.05, 0) is 39.7 Å². The highest BCUT2D eigenvalue weighted by atomic mass is 16.2. The lowest BCUT2D eigenvalue weighted by Gasteiger charge is -2.20. The van der Waals surface area contributed by atoms with Crippen LogP contribution in [0, 0.1) is 12.8 Å². The number of aromatic nitrogens is 2. The molecule has 1 aliphatic heterocycles. The summed E-state index contributed by atoms with van der Waals surface area (Å²) in [7, 11) is 1.74. The summed E-state index contributed by atoms with van der Waals surface area (Å²) < 4.78 is 1.55. The Labute approximate surface area is 120 Å². The van der Waals surface area contributed by atoms with Gasteiger partial charge in [0.2, 0.25) is 0 Å². The Morgan fingerprint density at radius 1 is 1.55 bits per heavy atom. The minimum atomic E-state index is -0.131. The topological polar surface area (TPSA) is 76.2 Å². The molecule has 1 atom stereocenters. The minimum absolute atomic E-state index is 0.131. The molecule has 2 rings (SSSR count). The first-order valence-corrected chi connectivity index (χ1v) is 7.21. The van der Waals surface area contributed by atoms with E-state index in [0.29, 0.717) is 35.6 Å². The van der Waals surface area contributed by atoms with Crippen LogP contribution in [0.2, 0.25) is 0 Å². The van der Waals surface area contributed by atoms with Crippen LogP contribution in [0.3, 0.4) is 0 Å². The van der Waals surface area contributed by atoms with E-state index in [1.807, 2.05) is 6.92 Å².